The van der Waals surface area contributed by atoms with E-state index in [0.29, 0.717) is 30.3 Å². The third-order valence-corrected chi connectivity index (χ3v) is 4.51. The lowest BCUT2D eigenvalue weighted by molar-refractivity contribution is -0.120. The number of carbonyl (C=O) groups excluding carboxylic acids is 1. The molecule has 0 radical (unpaired) electrons. The second kappa shape index (κ2) is 7.66. The first kappa shape index (κ1) is 17.4. The SMILES string of the molecule is Cc1nc(CN(C)[C@H]2CCN([C@@H](C)C(=O)Nc3ncccn3)C2)no1. The van der Waals surface area contributed by atoms with Crippen LogP contribution in [-0.4, -0.2) is 68.0 Å². The lowest BCUT2D eigenvalue weighted by Crippen LogP contribution is -2.43. The molecule has 1 aliphatic heterocycles. The van der Waals surface area contributed by atoms with Crippen molar-refractivity contribution in [1.29, 1.82) is 0 Å². The maximum Gasteiger partial charge on any atom is 0.243 e. The van der Waals surface area contributed by atoms with E-state index in [1.165, 1.54) is 0 Å². The Morgan fingerprint density at radius 1 is 1.48 bits per heavy atom. The third kappa shape index (κ3) is 4.37. The van der Waals surface area contributed by atoms with Crippen molar-refractivity contribution in [2.24, 2.45) is 0 Å². The Hall–Kier alpha value is -2.39. The van der Waals surface area contributed by atoms with Crippen molar-refractivity contribution in [1.82, 2.24) is 29.9 Å². The van der Waals surface area contributed by atoms with Crippen LogP contribution in [0, 0.1) is 6.92 Å². The van der Waals surface area contributed by atoms with Gasteiger partial charge in [0.15, 0.2) is 5.82 Å². The molecule has 2 aromatic rings. The number of carbonyl (C=O) groups is 1. The van der Waals surface area contributed by atoms with E-state index in [0.717, 1.165) is 19.5 Å². The molecule has 0 unspecified atom stereocenters. The molecular weight excluding hydrogens is 322 g/mol. The van der Waals surface area contributed by atoms with Gasteiger partial charge in [-0.05, 0) is 26.5 Å². The number of nitrogens with zero attached hydrogens (tertiary/aromatic N) is 6. The number of hydrogen-bond donors (Lipinski definition) is 1. The Bertz CT molecular complexity index is 706. The van der Waals surface area contributed by atoms with Crippen molar-refractivity contribution in [2.45, 2.75) is 38.9 Å². The molecule has 1 N–H and O–H groups in total. The van der Waals surface area contributed by atoms with E-state index in [1.54, 1.807) is 25.4 Å². The van der Waals surface area contributed by atoms with Crippen molar-refractivity contribution < 1.29 is 9.32 Å². The lowest BCUT2D eigenvalue weighted by Gasteiger charge is -2.26. The van der Waals surface area contributed by atoms with Gasteiger partial charge < -0.3 is 4.52 Å². The number of anilines is 1. The number of nitrogens with one attached hydrogen (secondary N) is 1. The summed E-state index contributed by atoms with van der Waals surface area (Å²) in [5, 5.41) is 6.69. The van der Waals surface area contributed by atoms with Gasteiger partial charge in [0.1, 0.15) is 0 Å². The number of likely N-dealkylation sites (N-methyl/N-ethyl adjacent to an activating group) is 1. The van der Waals surface area contributed by atoms with Crippen LogP contribution in [-0.2, 0) is 11.3 Å². The molecule has 25 heavy (non-hydrogen) atoms. The second-order valence-electron chi connectivity index (χ2n) is 6.32. The average molecular weight is 345 g/mol. The number of aryl methyl sites for hydroxylation is 1. The minimum Gasteiger partial charge on any atom is -0.340 e. The van der Waals surface area contributed by atoms with Crippen molar-refractivity contribution in [3.8, 4) is 0 Å². The van der Waals surface area contributed by atoms with Gasteiger partial charge in [0.2, 0.25) is 17.7 Å². The van der Waals surface area contributed by atoms with E-state index in [2.05, 4.69) is 35.2 Å². The molecule has 134 valence electrons. The molecule has 1 amide bonds. The first-order chi connectivity index (χ1) is 12.0. The zero-order valence-corrected chi connectivity index (χ0v) is 14.7. The maximum atomic E-state index is 12.4. The van der Waals surface area contributed by atoms with Gasteiger partial charge in [0.25, 0.3) is 0 Å². The van der Waals surface area contributed by atoms with Gasteiger partial charge in [-0.2, -0.15) is 4.98 Å². The Kier molecular flexibility index (Phi) is 5.34. The summed E-state index contributed by atoms with van der Waals surface area (Å²) >= 11 is 0. The van der Waals surface area contributed by atoms with Gasteiger partial charge in [-0.25, -0.2) is 9.97 Å². The van der Waals surface area contributed by atoms with Crippen LogP contribution in [0.5, 0.6) is 0 Å². The summed E-state index contributed by atoms with van der Waals surface area (Å²) in [5.41, 5.74) is 0. The highest BCUT2D eigenvalue weighted by molar-refractivity contribution is 5.93. The molecule has 0 saturated carbocycles. The van der Waals surface area contributed by atoms with E-state index in [1.807, 2.05) is 14.0 Å². The Labute approximate surface area is 146 Å². The van der Waals surface area contributed by atoms with Crippen molar-refractivity contribution in [2.75, 3.05) is 25.5 Å². The highest BCUT2D eigenvalue weighted by Gasteiger charge is 2.32. The van der Waals surface area contributed by atoms with E-state index in [4.69, 9.17) is 4.52 Å². The summed E-state index contributed by atoms with van der Waals surface area (Å²) in [6, 6.07) is 1.82. The minimum absolute atomic E-state index is 0.0942. The zero-order valence-electron chi connectivity index (χ0n) is 14.7. The van der Waals surface area contributed by atoms with Crippen LogP contribution in [0.1, 0.15) is 25.1 Å². The van der Waals surface area contributed by atoms with Gasteiger partial charge >= 0.3 is 0 Å². The van der Waals surface area contributed by atoms with Crippen LogP contribution in [0.4, 0.5) is 5.95 Å². The minimum atomic E-state index is -0.241. The maximum absolute atomic E-state index is 12.4. The monoisotopic (exact) mass is 345 g/mol. The van der Waals surface area contributed by atoms with E-state index in [9.17, 15) is 4.79 Å². The van der Waals surface area contributed by atoms with Gasteiger partial charge in [-0.3, -0.25) is 19.9 Å². The van der Waals surface area contributed by atoms with Crippen molar-refractivity contribution in [3.05, 3.63) is 30.2 Å². The first-order valence-electron chi connectivity index (χ1n) is 8.34. The van der Waals surface area contributed by atoms with Crippen LogP contribution in [0.3, 0.4) is 0 Å². The fraction of sp³-hybridized carbons (Fsp3) is 0.562. The molecule has 0 bridgehead atoms. The summed E-state index contributed by atoms with van der Waals surface area (Å²) < 4.78 is 5.01. The highest BCUT2D eigenvalue weighted by atomic mass is 16.5. The zero-order chi connectivity index (χ0) is 17.8. The molecule has 9 nitrogen and oxygen atoms in total. The smallest absolute Gasteiger partial charge is 0.243 e. The summed E-state index contributed by atoms with van der Waals surface area (Å²) in [6.45, 7) is 6.00. The molecule has 0 aliphatic carbocycles. The highest BCUT2D eigenvalue weighted by Crippen LogP contribution is 2.19. The van der Waals surface area contributed by atoms with Crippen molar-refractivity contribution >= 4 is 11.9 Å². The molecule has 9 heteroatoms. The van der Waals surface area contributed by atoms with E-state index >= 15 is 0 Å². The third-order valence-electron chi connectivity index (χ3n) is 4.51. The number of rotatable bonds is 6. The largest absolute Gasteiger partial charge is 0.340 e. The standard InChI is InChI=1S/C16H23N7O2/c1-11(15(24)20-16-17-6-4-7-18-16)23-8-5-13(9-23)22(3)10-14-19-12(2)25-21-14/h4,6-7,11,13H,5,8-10H2,1-3H3,(H,17,18,20,24)/t11-,13-/m0/s1. The normalized spacial score (nSPS) is 19.3. The molecule has 1 aliphatic rings. The van der Waals surface area contributed by atoms with Gasteiger partial charge in [0.05, 0.1) is 12.6 Å². The van der Waals surface area contributed by atoms with Gasteiger partial charge in [0, 0.05) is 38.4 Å². The topological polar surface area (TPSA) is 100 Å². The molecule has 1 fully saturated rings. The molecule has 2 aromatic heterocycles. The number of amides is 1. The average Bonchev–Trinajstić information content (AvgIpc) is 3.24. The predicted octanol–water partition coefficient (Wildman–Crippen LogP) is 0.701. The quantitative estimate of drug-likeness (QED) is 0.817. The molecule has 0 aromatic carbocycles. The van der Waals surface area contributed by atoms with E-state index < -0.39 is 0 Å². The molecule has 3 rings (SSSR count). The van der Waals surface area contributed by atoms with Crippen LogP contribution in [0.2, 0.25) is 0 Å². The molecule has 0 spiro atoms. The van der Waals surface area contributed by atoms with Crippen LogP contribution in [0.15, 0.2) is 23.0 Å². The summed E-state index contributed by atoms with van der Waals surface area (Å²) in [4.78, 5) is 29.1. The van der Waals surface area contributed by atoms with Crippen LogP contribution in [0.25, 0.3) is 0 Å². The summed E-state index contributed by atoms with van der Waals surface area (Å²) in [7, 11) is 2.04. The molecule has 3 heterocycles. The Morgan fingerprint density at radius 3 is 2.92 bits per heavy atom. The second-order valence-corrected chi connectivity index (χ2v) is 6.32. The summed E-state index contributed by atoms with van der Waals surface area (Å²) in [5.74, 6) is 1.50. The first-order valence-corrected chi connectivity index (χ1v) is 8.34. The lowest BCUT2D eigenvalue weighted by atomic mass is 10.2. The summed E-state index contributed by atoms with van der Waals surface area (Å²) in [6.07, 6.45) is 4.20. The van der Waals surface area contributed by atoms with E-state index in [-0.39, 0.29) is 11.9 Å². The van der Waals surface area contributed by atoms with Crippen LogP contribution < -0.4 is 5.32 Å². The predicted molar refractivity (Wildman–Crippen MR) is 90.6 cm³/mol. The molecular formula is C16H23N7O2. The van der Waals surface area contributed by atoms with Crippen LogP contribution >= 0.6 is 0 Å². The molecule has 2 atom stereocenters. The number of likely N-dealkylation sites (tertiary alicyclic amines) is 1. The fourth-order valence-corrected chi connectivity index (χ4v) is 2.98. The Balaban J connectivity index is 1.51. The number of aromatic nitrogens is 4. The van der Waals surface area contributed by atoms with Gasteiger partial charge in [-0.15, -0.1) is 0 Å². The molecule has 1 saturated heterocycles. The number of hydrogen-bond acceptors (Lipinski definition) is 8. The Morgan fingerprint density at radius 2 is 2.24 bits per heavy atom. The van der Waals surface area contributed by atoms with Crippen molar-refractivity contribution in [3.63, 3.8) is 0 Å². The fourth-order valence-electron chi connectivity index (χ4n) is 2.98. The van der Waals surface area contributed by atoms with Gasteiger partial charge in [-0.1, -0.05) is 5.16 Å².